The first-order chi connectivity index (χ1) is 17.2. The van der Waals surface area contributed by atoms with E-state index in [4.69, 9.17) is 24.8 Å². The van der Waals surface area contributed by atoms with Gasteiger partial charge in [-0.2, -0.15) is 0 Å². The van der Waals surface area contributed by atoms with Gasteiger partial charge in [-0.1, -0.05) is 42.5 Å². The summed E-state index contributed by atoms with van der Waals surface area (Å²) in [4.78, 5) is 14.4. The highest BCUT2D eigenvalue weighted by Crippen LogP contribution is 2.28. The molecule has 5 rings (SSSR count). The number of aliphatic hydroxyl groups is 1. The standard InChI is InChI=1S/C28H26N4O2S/c1-34-24-11-12-25-26(18-24)35-27(32-25)17-23-16-22(15-20-5-3-2-4-6-20)30-28(31-23)29-21-9-7-19(8-10-21)13-14-33/h2-12,16,18,33H,13-15,17H2,1H3,(H,29,30,31). The molecule has 35 heavy (non-hydrogen) atoms. The van der Waals surface area contributed by atoms with Crippen LogP contribution in [-0.2, 0) is 19.3 Å². The Hall–Kier alpha value is -3.81. The molecule has 0 unspecified atom stereocenters. The number of nitrogens with one attached hydrogen (secondary N) is 1. The van der Waals surface area contributed by atoms with E-state index in [9.17, 15) is 0 Å². The molecule has 0 spiro atoms. The average molecular weight is 483 g/mol. The van der Waals surface area contributed by atoms with Crippen molar-refractivity contribution in [2.75, 3.05) is 19.0 Å². The van der Waals surface area contributed by atoms with Gasteiger partial charge in [0.1, 0.15) is 5.75 Å². The molecule has 176 valence electrons. The monoisotopic (exact) mass is 482 g/mol. The van der Waals surface area contributed by atoms with Gasteiger partial charge in [-0.05, 0) is 53.9 Å². The first kappa shape index (κ1) is 23.0. The molecule has 0 atom stereocenters. The number of anilines is 2. The molecule has 0 saturated carbocycles. The van der Waals surface area contributed by atoms with Crippen LogP contribution in [0.15, 0.2) is 78.9 Å². The molecule has 6 nitrogen and oxygen atoms in total. The van der Waals surface area contributed by atoms with Gasteiger partial charge in [0.25, 0.3) is 0 Å². The van der Waals surface area contributed by atoms with Gasteiger partial charge in [0.2, 0.25) is 5.95 Å². The molecule has 0 bridgehead atoms. The van der Waals surface area contributed by atoms with Crippen molar-refractivity contribution in [1.82, 2.24) is 15.0 Å². The molecule has 5 aromatic rings. The number of thiazole rings is 1. The van der Waals surface area contributed by atoms with Crippen molar-refractivity contribution in [3.63, 3.8) is 0 Å². The van der Waals surface area contributed by atoms with Crippen LogP contribution in [0.5, 0.6) is 5.75 Å². The number of aliphatic hydroxyl groups excluding tert-OH is 1. The Morgan fingerprint density at radius 2 is 1.60 bits per heavy atom. The molecular weight excluding hydrogens is 456 g/mol. The quantitative estimate of drug-likeness (QED) is 0.287. The number of nitrogens with zero attached hydrogens (tertiary/aromatic N) is 3. The molecule has 0 aliphatic carbocycles. The van der Waals surface area contributed by atoms with E-state index in [2.05, 4.69) is 23.5 Å². The molecule has 2 N–H and O–H groups in total. The Labute approximate surface area is 208 Å². The number of hydrogen-bond acceptors (Lipinski definition) is 7. The maximum absolute atomic E-state index is 9.15. The maximum Gasteiger partial charge on any atom is 0.227 e. The van der Waals surface area contributed by atoms with Crippen molar-refractivity contribution in [2.45, 2.75) is 19.3 Å². The van der Waals surface area contributed by atoms with Crippen LogP contribution < -0.4 is 10.1 Å². The highest BCUT2D eigenvalue weighted by atomic mass is 32.1. The molecule has 7 heteroatoms. The van der Waals surface area contributed by atoms with Crippen molar-refractivity contribution < 1.29 is 9.84 Å². The Balaban J connectivity index is 1.44. The Kier molecular flexibility index (Phi) is 6.97. The van der Waals surface area contributed by atoms with Crippen LogP contribution in [0.2, 0.25) is 0 Å². The fourth-order valence-electron chi connectivity index (χ4n) is 3.92. The second kappa shape index (κ2) is 10.6. The first-order valence-corrected chi connectivity index (χ1v) is 12.3. The summed E-state index contributed by atoms with van der Waals surface area (Å²) < 4.78 is 6.45. The van der Waals surface area contributed by atoms with E-state index in [1.165, 1.54) is 5.56 Å². The highest BCUT2D eigenvalue weighted by Gasteiger charge is 2.11. The Morgan fingerprint density at radius 3 is 2.34 bits per heavy atom. The van der Waals surface area contributed by atoms with Gasteiger partial charge in [0.15, 0.2) is 0 Å². The SMILES string of the molecule is COc1ccc2nc(Cc3cc(Cc4ccccc4)nc(Nc4ccc(CCO)cc4)n3)sc2c1. The predicted molar refractivity (Wildman–Crippen MR) is 141 cm³/mol. The second-order valence-corrected chi connectivity index (χ2v) is 9.37. The van der Waals surface area contributed by atoms with Gasteiger partial charge in [0.05, 0.1) is 33.7 Å². The summed E-state index contributed by atoms with van der Waals surface area (Å²) >= 11 is 1.66. The van der Waals surface area contributed by atoms with Crippen LogP contribution in [0, 0.1) is 0 Å². The Morgan fingerprint density at radius 1 is 0.829 bits per heavy atom. The van der Waals surface area contributed by atoms with Crippen LogP contribution in [-0.4, -0.2) is 33.8 Å². The molecule has 0 aliphatic heterocycles. The molecule has 3 aromatic carbocycles. The zero-order valence-electron chi connectivity index (χ0n) is 19.4. The zero-order chi connectivity index (χ0) is 24.0. The van der Waals surface area contributed by atoms with Crippen molar-refractivity contribution >= 4 is 33.2 Å². The summed E-state index contributed by atoms with van der Waals surface area (Å²) in [5.74, 6) is 1.39. The number of aromatic nitrogens is 3. The summed E-state index contributed by atoms with van der Waals surface area (Å²) in [5, 5.41) is 13.5. The third-order valence-electron chi connectivity index (χ3n) is 5.64. The summed E-state index contributed by atoms with van der Waals surface area (Å²) in [7, 11) is 1.67. The number of fused-ring (bicyclic) bond motifs is 1. The minimum Gasteiger partial charge on any atom is -0.497 e. The molecule has 2 aromatic heterocycles. The smallest absolute Gasteiger partial charge is 0.227 e. The highest BCUT2D eigenvalue weighted by molar-refractivity contribution is 7.18. The molecule has 0 amide bonds. The van der Waals surface area contributed by atoms with Crippen molar-refractivity contribution in [1.29, 1.82) is 0 Å². The predicted octanol–water partition coefficient (Wildman–Crippen LogP) is 5.55. The Bertz CT molecular complexity index is 1420. The minimum atomic E-state index is 0.138. The lowest BCUT2D eigenvalue weighted by atomic mass is 10.1. The van der Waals surface area contributed by atoms with Gasteiger partial charge >= 0.3 is 0 Å². The van der Waals surface area contributed by atoms with Crippen molar-refractivity contribution in [3.8, 4) is 5.75 Å². The van der Waals surface area contributed by atoms with E-state index in [0.717, 1.165) is 50.0 Å². The first-order valence-electron chi connectivity index (χ1n) is 11.5. The molecule has 0 radical (unpaired) electrons. The summed E-state index contributed by atoms with van der Waals surface area (Å²) in [6.07, 6.45) is 1.98. The fraction of sp³-hybridized carbons (Fsp3) is 0.179. The van der Waals surface area contributed by atoms with E-state index in [0.29, 0.717) is 18.8 Å². The number of ether oxygens (including phenoxy) is 1. The molecule has 0 saturated heterocycles. The van der Waals surface area contributed by atoms with Gasteiger partial charge in [-0.3, -0.25) is 0 Å². The van der Waals surface area contributed by atoms with Crippen LogP contribution in [0.4, 0.5) is 11.6 Å². The van der Waals surface area contributed by atoms with E-state index >= 15 is 0 Å². The third-order valence-corrected chi connectivity index (χ3v) is 6.66. The van der Waals surface area contributed by atoms with E-state index in [1.54, 1.807) is 18.4 Å². The number of hydrogen-bond donors (Lipinski definition) is 2. The van der Waals surface area contributed by atoms with Crippen LogP contribution in [0.3, 0.4) is 0 Å². The van der Waals surface area contributed by atoms with Gasteiger partial charge in [-0.25, -0.2) is 15.0 Å². The van der Waals surface area contributed by atoms with E-state index in [1.807, 2.05) is 60.7 Å². The van der Waals surface area contributed by atoms with Crippen LogP contribution in [0.25, 0.3) is 10.2 Å². The number of methoxy groups -OCH3 is 1. The minimum absolute atomic E-state index is 0.138. The van der Waals surface area contributed by atoms with E-state index < -0.39 is 0 Å². The van der Waals surface area contributed by atoms with Gasteiger partial charge in [0, 0.05) is 25.1 Å². The topological polar surface area (TPSA) is 80.2 Å². The third kappa shape index (κ3) is 5.82. The molecule has 2 heterocycles. The van der Waals surface area contributed by atoms with Gasteiger partial charge < -0.3 is 15.2 Å². The number of benzene rings is 3. The van der Waals surface area contributed by atoms with Crippen molar-refractivity contribution in [3.05, 3.63) is 106 Å². The van der Waals surface area contributed by atoms with E-state index in [-0.39, 0.29) is 6.61 Å². The second-order valence-electron chi connectivity index (χ2n) is 8.25. The summed E-state index contributed by atoms with van der Waals surface area (Å²) in [5.41, 5.74) is 6.01. The average Bonchev–Trinajstić information content (AvgIpc) is 3.27. The fourth-order valence-corrected chi connectivity index (χ4v) is 4.93. The van der Waals surface area contributed by atoms with Crippen LogP contribution >= 0.6 is 11.3 Å². The lowest BCUT2D eigenvalue weighted by Gasteiger charge is -2.10. The summed E-state index contributed by atoms with van der Waals surface area (Å²) in [6.45, 7) is 0.138. The largest absolute Gasteiger partial charge is 0.497 e. The number of rotatable bonds is 9. The lowest BCUT2D eigenvalue weighted by molar-refractivity contribution is 0.299. The van der Waals surface area contributed by atoms with Crippen LogP contribution in [0.1, 0.15) is 27.5 Å². The van der Waals surface area contributed by atoms with Crippen molar-refractivity contribution in [2.24, 2.45) is 0 Å². The maximum atomic E-state index is 9.15. The molecule has 0 fully saturated rings. The normalized spacial score (nSPS) is 11.0. The molecule has 0 aliphatic rings. The summed E-state index contributed by atoms with van der Waals surface area (Å²) in [6, 6.07) is 26.3. The van der Waals surface area contributed by atoms with Gasteiger partial charge in [-0.15, -0.1) is 11.3 Å². The lowest BCUT2D eigenvalue weighted by Crippen LogP contribution is -2.05. The molecular formula is C28H26N4O2S. The zero-order valence-corrected chi connectivity index (χ0v) is 20.3.